The predicted molar refractivity (Wildman–Crippen MR) is 98.5 cm³/mol. The quantitative estimate of drug-likeness (QED) is 0.541. The summed E-state index contributed by atoms with van der Waals surface area (Å²) in [6.45, 7) is 6.18. The van der Waals surface area contributed by atoms with Gasteiger partial charge in [-0.25, -0.2) is 9.97 Å². The number of thiophene rings is 2. The van der Waals surface area contributed by atoms with Crippen LogP contribution < -0.4 is 5.32 Å². The van der Waals surface area contributed by atoms with E-state index in [0.717, 1.165) is 20.1 Å². The third kappa shape index (κ3) is 3.57. The minimum atomic E-state index is 0.0206. The highest BCUT2D eigenvalue weighted by molar-refractivity contribution is 8.00. The molecule has 4 nitrogen and oxygen atoms in total. The van der Waals surface area contributed by atoms with Crippen LogP contribution in [0.5, 0.6) is 0 Å². The van der Waals surface area contributed by atoms with Gasteiger partial charge in [-0.2, -0.15) is 0 Å². The van der Waals surface area contributed by atoms with Crippen LogP contribution in [-0.2, 0) is 4.79 Å². The summed E-state index contributed by atoms with van der Waals surface area (Å²) in [5.74, 6) is 0.378. The zero-order chi connectivity index (χ0) is 16.4. The Hall–Kier alpha value is -1.44. The Kier molecular flexibility index (Phi) is 4.99. The summed E-state index contributed by atoms with van der Waals surface area (Å²) < 4.78 is 0. The summed E-state index contributed by atoms with van der Waals surface area (Å²) in [4.78, 5) is 24.3. The van der Waals surface area contributed by atoms with Crippen LogP contribution in [0.25, 0.3) is 10.2 Å². The second-order valence-electron chi connectivity index (χ2n) is 5.24. The van der Waals surface area contributed by atoms with Gasteiger partial charge >= 0.3 is 0 Å². The van der Waals surface area contributed by atoms with Crippen LogP contribution in [0.1, 0.15) is 28.3 Å². The molecule has 3 rings (SSSR count). The summed E-state index contributed by atoms with van der Waals surface area (Å²) in [7, 11) is 0. The molecule has 0 saturated heterocycles. The number of thioether (sulfide) groups is 1. The maximum absolute atomic E-state index is 12.2. The van der Waals surface area contributed by atoms with Gasteiger partial charge in [0.2, 0.25) is 5.91 Å². The lowest BCUT2D eigenvalue weighted by Crippen LogP contribution is -2.27. The maximum Gasteiger partial charge on any atom is 0.230 e. The van der Waals surface area contributed by atoms with Crippen LogP contribution in [-0.4, -0.2) is 21.6 Å². The lowest BCUT2D eigenvalue weighted by Gasteiger charge is -2.12. The predicted octanol–water partition coefficient (Wildman–Crippen LogP) is 4.34. The topological polar surface area (TPSA) is 54.9 Å². The molecule has 3 aromatic heterocycles. The molecule has 0 aliphatic heterocycles. The summed E-state index contributed by atoms with van der Waals surface area (Å²) in [6, 6.07) is 4.07. The number of nitrogens with one attached hydrogen (secondary N) is 1. The number of rotatable bonds is 5. The molecule has 23 heavy (non-hydrogen) atoms. The number of carbonyl (C=O) groups is 1. The van der Waals surface area contributed by atoms with Gasteiger partial charge < -0.3 is 5.32 Å². The lowest BCUT2D eigenvalue weighted by atomic mass is 10.2. The Morgan fingerprint density at radius 2 is 2.22 bits per heavy atom. The van der Waals surface area contributed by atoms with Gasteiger partial charge in [0, 0.05) is 15.1 Å². The molecule has 120 valence electrons. The van der Waals surface area contributed by atoms with Crippen molar-refractivity contribution >= 4 is 50.6 Å². The number of aromatic nitrogens is 2. The summed E-state index contributed by atoms with van der Waals surface area (Å²) >= 11 is 4.80. The first-order valence-corrected chi connectivity index (χ1v) is 9.90. The average molecular weight is 364 g/mol. The second kappa shape index (κ2) is 6.98. The SMILES string of the molecule is Cc1sc2ncnc(SCC(=O)N[C@H](C)c3cccs3)c2c1C. The fourth-order valence-electron chi connectivity index (χ4n) is 2.29. The van der Waals surface area contributed by atoms with Crippen molar-refractivity contribution in [1.82, 2.24) is 15.3 Å². The Morgan fingerprint density at radius 1 is 1.39 bits per heavy atom. The van der Waals surface area contributed by atoms with E-state index >= 15 is 0 Å². The van der Waals surface area contributed by atoms with Crippen molar-refractivity contribution in [2.45, 2.75) is 31.8 Å². The minimum Gasteiger partial charge on any atom is -0.348 e. The zero-order valence-corrected chi connectivity index (χ0v) is 15.6. The standard InChI is InChI=1S/C16H17N3OS3/c1-9-11(3)23-16-14(9)15(17-8-18-16)22-7-13(20)19-10(2)12-5-4-6-21-12/h4-6,8,10H,7H2,1-3H3,(H,19,20)/t10-/m1/s1. The van der Waals surface area contributed by atoms with E-state index in [1.54, 1.807) is 29.0 Å². The summed E-state index contributed by atoms with van der Waals surface area (Å²) in [6.07, 6.45) is 1.58. The van der Waals surface area contributed by atoms with Crippen LogP contribution in [0, 0.1) is 13.8 Å². The number of hydrogen-bond acceptors (Lipinski definition) is 6. The molecule has 0 fully saturated rings. The Balaban J connectivity index is 1.67. The van der Waals surface area contributed by atoms with Gasteiger partial charge in [0.15, 0.2) is 0 Å². The number of amides is 1. The van der Waals surface area contributed by atoms with Crippen molar-refractivity contribution < 1.29 is 4.79 Å². The van der Waals surface area contributed by atoms with Gasteiger partial charge in [-0.05, 0) is 37.8 Å². The third-order valence-corrected chi connectivity index (χ3v) is 6.78. The minimum absolute atomic E-state index is 0.0206. The third-order valence-electron chi connectivity index (χ3n) is 3.62. The molecule has 0 aromatic carbocycles. The monoisotopic (exact) mass is 363 g/mol. The van der Waals surface area contributed by atoms with Gasteiger partial charge in [-0.3, -0.25) is 4.79 Å². The van der Waals surface area contributed by atoms with Crippen molar-refractivity contribution in [3.8, 4) is 0 Å². The maximum atomic E-state index is 12.2. The number of aryl methyl sites for hydroxylation is 2. The van der Waals surface area contributed by atoms with Gasteiger partial charge in [0.1, 0.15) is 16.2 Å². The molecule has 0 aliphatic carbocycles. The molecule has 0 aliphatic rings. The van der Waals surface area contributed by atoms with E-state index in [9.17, 15) is 4.79 Å². The van der Waals surface area contributed by atoms with Crippen LogP contribution in [0.15, 0.2) is 28.9 Å². The smallest absolute Gasteiger partial charge is 0.230 e. The Morgan fingerprint density at radius 3 is 2.96 bits per heavy atom. The molecule has 0 bridgehead atoms. The second-order valence-corrected chi connectivity index (χ2v) is 8.38. The van der Waals surface area contributed by atoms with Gasteiger partial charge in [-0.1, -0.05) is 17.8 Å². The highest BCUT2D eigenvalue weighted by atomic mass is 32.2. The molecule has 1 amide bonds. The van der Waals surface area contributed by atoms with Crippen molar-refractivity contribution in [3.05, 3.63) is 39.2 Å². The van der Waals surface area contributed by atoms with E-state index in [1.807, 2.05) is 24.4 Å². The van der Waals surface area contributed by atoms with Crippen LogP contribution in [0.4, 0.5) is 0 Å². The molecular formula is C16H17N3OS3. The van der Waals surface area contributed by atoms with E-state index < -0.39 is 0 Å². The van der Waals surface area contributed by atoms with Gasteiger partial charge in [-0.15, -0.1) is 22.7 Å². The fraction of sp³-hybridized carbons (Fsp3) is 0.312. The number of nitrogens with zero attached hydrogens (tertiary/aromatic N) is 2. The molecule has 0 spiro atoms. The average Bonchev–Trinajstić information content (AvgIpc) is 3.15. The van der Waals surface area contributed by atoms with Crippen LogP contribution in [0.2, 0.25) is 0 Å². The fourth-order valence-corrected chi connectivity index (χ4v) is 4.95. The molecular weight excluding hydrogens is 346 g/mol. The van der Waals surface area contributed by atoms with E-state index in [-0.39, 0.29) is 11.9 Å². The highest BCUT2D eigenvalue weighted by Gasteiger charge is 2.15. The van der Waals surface area contributed by atoms with E-state index in [1.165, 1.54) is 22.2 Å². The van der Waals surface area contributed by atoms with E-state index in [2.05, 4.69) is 29.1 Å². The lowest BCUT2D eigenvalue weighted by molar-refractivity contribution is -0.119. The summed E-state index contributed by atoms with van der Waals surface area (Å²) in [5.41, 5.74) is 1.21. The number of hydrogen-bond donors (Lipinski definition) is 1. The number of fused-ring (bicyclic) bond motifs is 1. The molecule has 3 heterocycles. The molecule has 7 heteroatoms. The molecule has 1 atom stereocenters. The van der Waals surface area contributed by atoms with Crippen molar-refractivity contribution in [1.29, 1.82) is 0 Å². The molecule has 3 aromatic rings. The largest absolute Gasteiger partial charge is 0.348 e. The first kappa shape index (κ1) is 16.4. The molecule has 0 unspecified atom stereocenters. The van der Waals surface area contributed by atoms with Gasteiger partial charge in [0.25, 0.3) is 0 Å². The van der Waals surface area contributed by atoms with Crippen molar-refractivity contribution in [3.63, 3.8) is 0 Å². The molecule has 0 saturated carbocycles. The summed E-state index contributed by atoms with van der Waals surface area (Å²) in [5, 5.41) is 7.02. The zero-order valence-electron chi connectivity index (χ0n) is 13.1. The Bertz CT molecular complexity index is 827. The first-order chi connectivity index (χ1) is 11.1. The first-order valence-electron chi connectivity index (χ1n) is 7.22. The molecule has 1 N–H and O–H groups in total. The van der Waals surface area contributed by atoms with E-state index in [0.29, 0.717) is 5.75 Å². The molecule has 0 radical (unpaired) electrons. The van der Waals surface area contributed by atoms with Gasteiger partial charge in [0.05, 0.1) is 11.8 Å². The Labute approximate surface area is 147 Å². The van der Waals surface area contributed by atoms with E-state index in [4.69, 9.17) is 0 Å². The highest BCUT2D eigenvalue weighted by Crippen LogP contribution is 2.34. The van der Waals surface area contributed by atoms with Crippen molar-refractivity contribution in [2.24, 2.45) is 0 Å². The normalized spacial score (nSPS) is 12.5. The van der Waals surface area contributed by atoms with Crippen molar-refractivity contribution in [2.75, 3.05) is 5.75 Å². The van der Waals surface area contributed by atoms with Crippen LogP contribution in [0.3, 0.4) is 0 Å². The number of carbonyl (C=O) groups excluding carboxylic acids is 1. The van der Waals surface area contributed by atoms with Crippen LogP contribution >= 0.6 is 34.4 Å².